The van der Waals surface area contributed by atoms with Crippen LogP contribution in [0.4, 0.5) is 5.69 Å². The molecule has 3 fully saturated rings. The van der Waals surface area contributed by atoms with Gasteiger partial charge in [-0.2, -0.15) is 0 Å². The molecule has 0 atom stereocenters. The van der Waals surface area contributed by atoms with Crippen LogP contribution in [-0.2, 0) is 9.53 Å². The maximum Gasteiger partial charge on any atom is 0.257 e. The first kappa shape index (κ1) is 20.7. The first-order valence-electron chi connectivity index (χ1n) is 10.1. The maximum atomic E-state index is 12.8. The van der Waals surface area contributed by atoms with E-state index < -0.39 is 0 Å². The highest BCUT2D eigenvalue weighted by Gasteiger charge is 2.34. The van der Waals surface area contributed by atoms with E-state index in [0.29, 0.717) is 54.0 Å². The molecule has 0 bridgehead atoms. The summed E-state index contributed by atoms with van der Waals surface area (Å²) in [7, 11) is 0. The molecule has 0 unspecified atom stereocenters. The summed E-state index contributed by atoms with van der Waals surface area (Å²) in [5.74, 6) is -0.147. The van der Waals surface area contributed by atoms with Crippen molar-refractivity contribution in [2.75, 3.05) is 57.8 Å². The number of anilines is 1. The van der Waals surface area contributed by atoms with E-state index in [4.69, 9.17) is 27.9 Å². The number of benzene rings is 1. The number of piperidine rings is 1. The van der Waals surface area contributed by atoms with Gasteiger partial charge in [0.05, 0.1) is 34.9 Å². The van der Waals surface area contributed by atoms with Gasteiger partial charge in [0.1, 0.15) is 0 Å². The van der Waals surface area contributed by atoms with Crippen LogP contribution in [-0.4, -0.2) is 91.6 Å². The number of ether oxygens (including phenoxy) is 1. The van der Waals surface area contributed by atoms with Gasteiger partial charge >= 0.3 is 0 Å². The monoisotopic (exact) mass is 440 g/mol. The van der Waals surface area contributed by atoms with Crippen molar-refractivity contribution < 1.29 is 14.3 Å². The SMILES string of the molecule is O=CN1CCC(N2CC(Nc3cc(Cl)c(C(=O)N4CCOCC4)c(Cl)c3)C2)CC1. The molecule has 7 nitrogen and oxygen atoms in total. The Balaban J connectivity index is 1.32. The summed E-state index contributed by atoms with van der Waals surface area (Å²) >= 11 is 12.8. The standard InChI is InChI=1S/C20H26Cl2N4O3/c21-17-9-14(10-18(22)19(17)20(28)25-5-7-29-8-6-25)23-15-11-26(12-15)16-1-3-24(13-27)4-2-16/h9-10,13,15-16,23H,1-8,11-12H2. The summed E-state index contributed by atoms with van der Waals surface area (Å²) in [6.07, 6.45) is 3.00. The fourth-order valence-electron chi connectivity index (χ4n) is 4.28. The second-order valence-corrected chi connectivity index (χ2v) is 8.70. The third-order valence-corrected chi connectivity index (χ3v) is 6.60. The molecule has 0 aromatic heterocycles. The number of rotatable bonds is 5. The third-order valence-electron chi connectivity index (χ3n) is 6.00. The average molecular weight is 441 g/mol. The quantitative estimate of drug-likeness (QED) is 0.710. The lowest BCUT2D eigenvalue weighted by atomic mass is 9.97. The number of nitrogens with zero attached hydrogens (tertiary/aromatic N) is 3. The first-order chi connectivity index (χ1) is 14.0. The van der Waals surface area contributed by atoms with E-state index in [0.717, 1.165) is 51.1 Å². The summed E-state index contributed by atoms with van der Waals surface area (Å²) in [6, 6.07) is 4.44. The number of hydrogen-bond donors (Lipinski definition) is 1. The van der Waals surface area contributed by atoms with Crippen LogP contribution < -0.4 is 5.32 Å². The molecule has 158 valence electrons. The fraction of sp³-hybridized carbons (Fsp3) is 0.600. The fourth-order valence-corrected chi connectivity index (χ4v) is 4.93. The zero-order valence-corrected chi connectivity index (χ0v) is 17.8. The molecule has 1 aromatic carbocycles. The Morgan fingerprint density at radius 1 is 1.07 bits per heavy atom. The Bertz CT molecular complexity index is 735. The molecule has 0 aliphatic carbocycles. The lowest BCUT2D eigenvalue weighted by Crippen LogP contribution is -2.60. The minimum absolute atomic E-state index is 0.147. The molecule has 9 heteroatoms. The highest BCUT2D eigenvalue weighted by molar-refractivity contribution is 6.40. The molecule has 2 amide bonds. The highest BCUT2D eigenvalue weighted by Crippen LogP contribution is 2.32. The second kappa shape index (κ2) is 9.08. The van der Waals surface area contributed by atoms with Crippen molar-refractivity contribution in [3.05, 3.63) is 27.7 Å². The average Bonchev–Trinajstić information content (AvgIpc) is 2.70. The van der Waals surface area contributed by atoms with Crippen molar-refractivity contribution in [1.29, 1.82) is 0 Å². The lowest BCUT2D eigenvalue weighted by Gasteiger charge is -2.47. The van der Waals surface area contributed by atoms with Crippen LogP contribution >= 0.6 is 23.2 Å². The Kier molecular flexibility index (Phi) is 6.49. The molecule has 3 saturated heterocycles. The lowest BCUT2D eigenvalue weighted by molar-refractivity contribution is -0.119. The predicted molar refractivity (Wildman–Crippen MR) is 113 cm³/mol. The number of hydrogen-bond acceptors (Lipinski definition) is 5. The van der Waals surface area contributed by atoms with Crippen LogP contribution in [0.15, 0.2) is 12.1 Å². The van der Waals surface area contributed by atoms with Gasteiger partial charge < -0.3 is 19.9 Å². The maximum absolute atomic E-state index is 12.8. The summed E-state index contributed by atoms with van der Waals surface area (Å²) in [6.45, 7) is 5.76. The van der Waals surface area contributed by atoms with Gasteiger partial charge in [-0.05, 0) is 25.0 Å². The molecule has 1 aromatic rings. The van der Waals surface area contributed by atoms with Gasteiger partial charge in [0.2, 0.25) is 6.41 Å². The van der Waals surface area contributed by atoms with Crippen molar-refractivity contribution in [3.8, 4) is 0 Å². The van der Waals surface area contributed by atoms with E-state index in [1.807, 2.05) is 4.90 Å². The van der Waals surface area contributed by atoms with Crippen LogP contribution in [0.3, 0.4) is 0 Å². The van der Waals surface area contributed by atoms with Crippen LogP contribution in [0, 0.1) is 0 Å². The van der Waals surface area contributed by atoms with E-state index in [1.165, 1.54) is 0 Å². The van der Waals surface area contributed by atoms with Gasteiger partial charge in [0.25, 0.3) is 5.91 Å². The number of likely N-dealkylation sites (tertiary alicyclic amines) is 2. The molecule has 1 N–H and O–H groups in total. The summed E-state index contributed by atoms with van der Waals surface area (Å²) in [5, 5.41) is 4.21. The molecule has 4 rings (SSSR count). The smallest absolute Gasteiger partial charge is 0.257 e. The molecule has 29 heavy (non-hydrogen) atoms. The Morgan fingerprint density at radius 2 is 1.69 bits per heavy atom. The molecule has 3 heterocycles. The van der Waals surface area contributed by atoms with Crippen molar-refractivity contribution in [2.24, 2.45) is 0 Å². The van der Waals surface area contributed by atoms with Crippen molar-refractivity contribution >= 4 is 41.2 Å². The second-order valence-electron chi connectivity index (χ2n) is 7.89. The minimum Gasteiger partial charge on any atom is -0.380 e. The molecular weight excluding hydrogens is 415 g/mol. The molecule has 0 saturated carbocycles. The summed E-state index contributed by atoms with van der Waals surface area (Å²) in [4.78, 5) is 29.6. The number of carbonyl (C=O) groups is 2. The van der Waals surface area contributed by atoms with Gasteiger partial charge in [0, 0.05) is 51.0 Å². The van der Waals surface area contributed by atoms with Crippen LogP contribution in [0.5, 0.6) is 0 Å². The summed E-state index contributed by atoms with van der Waals surface area (Å²) in [5.41, 5.74) is 1.19. The molecule has 3 aliphatic rings. The van der Waals surface area contributed by atoms with Crippen molar-refractivity contribution in [3.63, 3.8) is 0 Å². The van der Waals surface area contributed by atoms with Crippen LogP contribution in [0.2, 0.25) is 10.0 Å². The van der Waals surface area contributed by atoms with Crippen LogP contribution in [0.25, 0.3) is 0 Å². The molecule has 3 aliphatic heterocycles. The minimum atomic E-state index is -0.147. The summed E-state index contributed by atoms with van der Waals surface area (Å²) < 4.78 is 5.30. The Hall–Kier alpha value is -1.54. The number of amides is 2. The van der Waals surface area contributed by atoms with Crippen LogP contribution in [0.1, 0.15) is 23.2 Å². The topological polar surface area (TPSA) is 65.1 Å². The largest absolute Gasteiger partial charge is 0.380 e. The highest BCUT2D eigenvalue weighted by atomic mass is 35.5. The van der Waals surface area contributed by atoms with Gasteiger partial charge in [-0.15, -0.1) is 0 Å². The van der Waals surface area contributed by atoms with Gasteiger partial charge in [0.15, 0.2) is 0 Å². The zero-order valence-electron chi connectivity index (χ0n) is 16.3. The molecular formula is C20H26Cl2N4O3. The van der Waals surface area contributed by atoms with E-state index in [2.05, 4.69) is 10.2 Å². The van der Waals surface area contributed by atoms with Gasteiger partial charge in [-0.1, -0.05) is 23.2 Å². The van der Waals surface area contributed by atoms with E-state index in [-0.39, 0.29) is 5.91 Å². The number of carbonyl (C=O) groups excluding carboxylic acids is 2. The third kappa shape index (κ3) is 4.63. The number of halogens is 2. The Labute approximate surface area is 180 Å². The number of morpholine rings is 1. The van der Waals surface area contributed by atoms with Crippen molar-refractivity contribution in [2.45, 2.75) is 24.9 Å². The molecule has 0 radical (unpaired) electrons. The van der Waals surface area contributed by atoms with E-state index in [1.54, 1.807) is 17.0 Å². The predicted octanol–water partition coefficient (Wildman–Crippen LogP) is 2.18. The van der Waals surface area contributed by atoms with E-state index in [9.17, 15) is 9.59 Å². The van der Waals surface area contributed by atoms with Gasteiger partial charge in [-0.3, -0.25) is 14.5 Å². The number of nitrogens with one attached hydrogen (secondary N) is 1. The van der Waals surface area contributed by atoms with Gasteiger partial charge in [-0.25, -0.2) is 0 Å². The zero-order chi connectivity index (χ0) is 20.4. The molecule has 0 spiro atoms. The van der Waals surface area contributed by atoms with E-state index >= 15 is 0 Å². The van der Waals surface area contributed by atoms with Crippen molar-refractivity contribution in [1.82, 2.24) is 14.7 Å². The Morgan fingerprint density at radius 3 is 2.28 bits per heavy atom. The normalized spacial score (nSPS) is 21.7. The first-order valence-corrected chi connectivity index (χ1v) is 10.9.